The molecule has 0 atom stereocenters. The second-order valence-corrected chi connectivity index (χ2v) is 9.66. The molecule has 0 aliphatic carbocycles. The summed E-state index contributed by atoms with van der Waals surface area (Å²) in [6.07, 6.45) is 1.47. The maximum Gasteiger partial charge on any atom is 0.410 e. The SMILES string of the molecule is CN(CCN1CCN(c2ccccc2C=C2SC(=O)NC2=O)CC1)C(=O)OC(C)(C)C. The third-order valence-electron chi connectivity index (χ3n) is 5.04. The Morgan fingerprint density at radius 3 is 2.48 bits per heavy atom. The third-order valence-corrected chi connectivity index (χ3v) is 5.85. The number of amides is 3. The van der Waals surface area contributed by atoms with E-state index in [1.165, 1.54) is 0 Å². The minimum atomic E-state index is -0.495. The molecule has 0 bridgehead atoms. The second-order valence-electron chi connectivity index (χ2n) is 8.64. The molecular formula is C22H30N4O4S. The maximum atomic E-state index is 12.1. The van der Waals surface area contributed by atoms with Crippen LogP contribution < -0.4 is 10.2 Å². The van der Waals surface area contributed by atoms with E-state index in [4.69, 9.17) is 4.74 Å². The first-order valence-electron chi connectivity index (χ1n) is 10.4. The lowest BCUT2D eigenvalue weighted by molar-refractivity contribution is -0.115. The van der Waals surface area contributed by atoms with Crippen LogP contribution in [0.15, 0.2) is 29.2 Å². The van der Waals surface area contributed by atoms with Gasteiger partial charge in [0.05, 0.1) is 4.91 Å². The van der Waals surface area contributed by atoms with Gasteiger partial charge in [-0.1, -0.05) is 18.2 Å². The van der Waals surface area contributed by atoms with E-state index < -0.39 is 5.60 Å². The standard InChI is InChI=1S/C22H30N4O4S/c1-22(2,3)30-21(29)24(4)9-10-25-11-13-26(14-12-25)17-8-6-5-7-16(17)15-18-19(27)23-20(28)31-18/h5-8,15H,9-14H2,1-4H3,(H,23,27,28). The molecule has 0 radical (unpaired) electrons. The number of carbonyl (C=O) groups excluding carboxylic acids is 3. The second kappa shape index (κ2) is 9.74. The van der Waals surface area contributed by atoms with Crippen molar-refractivity contribution < 1.29 is 19.1 Å². The molecule has 1 aromatic rings. The molecule has 1 N–H and O–H groups in total. The Bertz CT molecular complexity index is 873. The summed E-state index contributed by atoms with van der Waals surface area (Å²) in [5.74, 6) is -0.344. The highest BCUT2D eigenvalue weighted by molar-refractivity contribution is 8.18. The van der Waals surface area contributed by atoms with Crippen LogP contribution in [0, 0.1) is 0 Å². The molecule has 3 rings (SSSR count). The molecule has 31 heavy (non-hydrogen) atoms. The summed E-state index contributed by atoms with van der Waals surface area (Å²) in [6.45, 7) is 10.4. The summed E-state index contributed by atoms with van der Waals surface area (Å²) < 4.78 is 5.40. The van der Waals surface area contributed by atoms with E-state index in [1.54, 1.807) is 18.0 Å². The molecule has 2 aliphatic rings. The predicted octanol–water partition coefficient (Wildman–Crippen LogP) is 3.00. The average molecular weight is 447 g/mol. The lowest BCUT2D eigenvalue weighted by Crippen LogP contribution is -2.49. The molecular weight excluding hydrogens is 416 g/mol. The smallest absolute Gasteiger partial charge is 0.410 e. The van der Waals surface area contributed by atoms with Crippen molar-refractivity contribution in [2.24, 2.45) is 0 Å². The molecule has 0 spiro atoms. The lowest BCUT2D eigenvalue weighted by atomic mass is 10.1. The van der Waals surface area contributed by atoms with Crippen molar-refractivity contribution in [1.82, 2.24) is 15.1 Å². The topological polar surface area (TPSA) is 82.2 Å². The Balaban J connectivity index is 1.55. The van der Waals surface area contributed by atoms with Crippen molar-refractivity contribution in [3.63, 3.8) is 0 Å². The molecule has 0 unspecified atom stereocenters. The fourth-order valence-electron chi connectivity index (χ4n) is 3.39. The van der Waals surface area contributed by atoms with Crippen LogP contribution in [-0.2, 0) is 9.53 Å². The van der Waals surface area contributed by atoms with Gasteiger partial charge in [0, 0.05) is 52.0 Å². The van der Waals surface area contributed by atoms with Crippen LogP contribution in [0.1, 0.15) is 26.3 Å². The monoisotopic (exact) mass is 446 g/mol. The van der Waals surface area contributed by atoms with Gasteiger partial charge in [-0.25, -0.2) is 4.79 Å². The van der Waals surface area contributed by atoms with E-state index in [9.17, 15) is 14.4 Å². The summed E-state index contributed by atoms with van der Waals surface area (Å²) in [4.78, 5) is 42.1. The van der Waals surface area contributed by atoms with Crippen molar-refractivity contribution >= 4 is 40.8 Å². The number of anilines is 1. The number of hydrogen-bond donors (Lipinski definition) is 1. The van der Waals surface area contributed by atoms with Crippen molar-refractivity contribution in [1.29, 1.82) is 0 Å². The van der Waals surface area contributed by atoms with Crippen LogP contribution in [0.25, 0.3) is 6.08 Å². The number of ether oxygens (including phenoxy) is 1. The van der Waals surface area contributed by atoms with Gasteiger partial charge in [-0.15, -0.1) is 0 Å². The Morgan fingerprint density at radius 1 is 1.19 bits per heavy atom. The third kappa shape index (κ3) is 6.48. The van der Waals surface area contributed by atoms with E-state index in [0.29, 0.717) is 11.4 Å². The average Bonchev–Trinajstić information content (AvgIpc) is 3.02. The zero-order chi connectivity index (χ0) is 22.6. The van der Waals surface area contributed by atoms with Crippen molar-refractivity contribution in [2.45, 2.75) is 26.4 Å². The Kier molecular flexibility index (Phi) is 7.27. The summed E-state index contributed by atoms with van der Waals surface area (Å²) in [7, 11) is 1.76. The van der Waals surface area contributed by atoms with E-state index in [2.05, 4.69) is 15.1 Å². The van der Waals surface area contributed by atoms with E-state index in [-0.39, 0.29) is 17.2 Å². The first-order valence-corrected chi connectivity index (χ1v) is 11.2. The van der Waals surface area contributed by atoms with Gasteiger partial charge in [0.2, 0.25) is 0 Å². The molecule has 3 amide bonds. The lowest BCUT2D eigenvalue weighted by Gasteiger charge is -2.37. The van der Waals surface area contributed by atoms with Gasteiger partial charge >= 0.3 is 6.09 Å². The Morgan fingerprint density at radius 2 is 1.87 bits per heavy atom. The van der Waals surface area contributed by atoms with Gasteiger partial charge in [0.1, 0.15) is 5.60 Å². The summed E-state index contributed by atoms with van der Waals surface area (Å²) in [5, 5.41) is 1.96. The van der Waals surface area contributed by atoms with Gasteiger partial charge in [-0.2, -0.15) is 0 Å². The number of thioether (sulfide) groups is 1. The molecule has 168 valence electrons. The molecule has 1 aromatic carbocycles. The molecule has 0 saturated carbocycles. The molecule has 2 aliphatic heterocycles. The fraction of sp³-hybridized carbons (Fsp3) is 0.500. The number of imide groups is 1. The summed E-state index contributed by atoms with van der Waals surface area (Å²) in [6, 6.07) is 7.91. The van der Waals surface area contributed by atoms with Gasteiger partial charge in [0.15, 0.2) is 0 Å². The highest BCUT2D eigenvalue weighted by atomic mass is 32.2. The van der Waals surface area contributed by atoms with Gasteiger partial charge in [-0.3, -0.25) is 19.8 Å². The molecule has 9 heteroatoms. The Hall–Kier alpha value is -2.52. The zero-order valence-corrected chi connectivity index (χ0v) is 19.3. The predicted molar refractivity (Wildman–Crippen MR) is 123 cm³/mol. The molecule has 2 heterocycles. The van der Waals surface area contributed by atoms with Crippen LogP contribution in [0.5, 0.6) is 0 Å². The fourth-order valence-corrected chi connectivity index (χ4v) is 4.07. The molecule has 8 nitrogen and oxygen atoms in total. The number of nitrogens with zero attached hydrogens (tertiary/aromatic N) is 3. The van der Waals surface area contributed by atoms with Gasteiger partial charge < -0.3 is 14.5 Å². The number of hydrogen-bond acceptors (Lipinski definition) is 7. The van der Waals surface area contributed by atoms with Crippen molar-refractivity contribution in [3.8, 4) is 0 Å². The van der Waals surface area contributed by atoms with Crippen molar-refractivity contribution in [3.05, 3.63) is 34.7 Å². The highest BCUT2D eigenvalue weighted by Gasteiger charge is 2.26. The van der Waals surface area contributed by atoms with Gasteiger partial charge in [0.25, 0.3) is 11.1 Å². The number of rotatable bonds is 5. The van der Waals surface area contributed by atoms with E-state index in [0.717, 1.165) is 55.7 Å². The van der Waals surface area contributed by atoms with Crippen LogP contribution in [0.4, 0.5) is 15.3 Å². The highest BCUT2D eigenvalue weighted by Crippen LogP contribution is 2.30. The largest absolute Gasteiger partial charge is 0.444 e. The molecule has 2 fully saturated rings. The van der Waals surface area contributed by atoms with E-state index >= 15 is 0 Å². The minimum Gasteiger partial charge on any atom is -0.444 e. The first-order chi connectivity index (χ1) is 14.6. The van der Waals surface area contributed by atoms with Crippen LogP contribution in [0.2, 0.25) is 0 Å². The van der Waals surface area contributed by atoms with Crippen LogP contribution >= 0.6 is 11.8 Å². The van der Waals surface area contributed by atoms with Gasteiger partial charge in [-0.05, 0) is 50.2 Å². The molecule has 2 saturated heterocycles. The zero-order valence-electron chi connectivity index (χ0n) is 18.5. The summed E-state index contributed by atoms with van der Waals surface area (Å²) >= 11 is 0.931. The van der Waals surface area contributed by atoms with Crippen LogP contribution in [0.3, 0.4) is 0 Å². The van der Waals surface area contributed by atoms with Crippen LogP contribution in [-0.4, -0.2) is 79.0 Å². The van der Waals surface area contributed by atoms with Crippen molar-refractivity contribution in [2.75, 3.05) is 51.2 Å². The number of piperazine rings is 1. The number of para-hydroxylation sites is 1. The Labute approximate surface area is 187 Å². The number of carbonyl (C=O) groups is 3. The normalized spacial score (nSPS) is 19.0. The number of benzene rings is 1. The number of nitrogens with one attached hydrogen (secondary N) is 1. The molecule has 0 aromatic heterocycles. The maximum absolute atomic E-state index is 12.1. The quantitative estimate of drug-likeness (QED) is 0.696. The first kappa shape index (κ1) is 23.1. The number of likely N-dealkylation sites (N-methyl/N-ethyl adjacent to an activating group) is 1. The minimum absolute atomic E-state index is 0.305. The van der Waals surface area contributed by atoms with E-state index in [1.807, 2.05) is 45.0 Å². The summed E-state index contributed by atoms with van der Waals surface area (Å²) in [5.41, 5.74) is 1.48.